The fourth-order valence-electron chi connectivity index (χ4n) is 3.66. The number of methoxy groups -OCH3 is 2. The molecule has 4 rings (SSSR count). The van der Waals surface area contributed by atoms with Gasteiger partial charge in [-0.15, -0.1) is 11.3 Å². The van der Waals surface area contributed by atoms with Gasteiger partial charge in [-0.1, -0.05) is 23.9 Å². The highest BCUT2D eigenvalue weighted by Crippen LogP contribution is 2.36. The fourth-order valence-corrected chi connectivity index (χ4v) is 5.91. The molecule has 1 aliphatic carbocycles. The van der Waals surface area contributed by atoms with Crippen LogP contribution in [0.15, 0.2) is 34.2 Å². The zero-order valence-corrected chi connectivity index (χ0v) is 18.2. The first-order valence-corrected chi connectivity index (χ1v) is 11.2. The fraction of sp³-hybridized carbons (Fsp3) is 0.381. The molecule has 1 aliphatic rings. The number of para-hydroxylation sites is 2. The number of thiophene rings is 1. The predicted octanol–water partition coefficient (Wildman–Crippen LogP) is 3.99. The maximum absolute atomic E-state index is 13.7. The van der Waals surface area contributed by atoms with Crippen LogP contribution in [-0.2, 0) is 22.4 Å². The number of fused-ring (bicyclic) bond motifs is 3. The van der Waals surface area contributed by atoms with Crippen LogP contribution < -0.4 is 10.3 Å². The Kier molecular flexibility index (Phi) is 5.65. The first kappa shape index (κ1) is 20.0. The molecule has 29 heavy (non-hydrogen) atoms. The first-order valence-electron chi connectivity index (χ1n) is 9.50. The highest BCUT2D eigenvalue weighted by molar-refractivity contribution is 8.00. The maximum atomic E-state index is 13.7. The topological polar surface area (TPSA) is 70.4 Å². The van der Waals surface area contributed by atoms with Crippen LogP contribution in [0.2, 0.25) is 0 Å². The number of carbonyl (C=O) groups excluding carboxylic acids is 1. The molecule has 0 amide bonds. The molecule has 2 heterocycles. The number of rotatable bonds is 5. The molecule has 1 unspecified atom stereocenters. The Morgan fingerprint density at radius 1 is 1.24 bits per heavy atom. The van der Waals surface area contributed by atoms with E-state index in [1.54, 1.807) is 29.9 Å². The van der Waals surface area contributed by atoms with E-state index in [0.717, 1.165) is 36.1 Å². The Labute approximate surface area is 176 Å². The number of aromatic nitrogens is 2. The van der Waals surface area contributed by atoms with Gasteiger partial charge >= 0.3 is 5.97 Å². The van der Waals surface area contributed by atoms with E-state index in [0.29, 0.717) is 22.0 Å². The van der Waals surface area contributed by atoms with E-state index in [1.165, 1.54) is 23.7 Å². The average Bonchev–Trinajstić information content (AvgIpc) is 3.11. The largest absolute Gasteiger partial charge is 0.495 e. The molecule has 1 atom stereocenters. The van der Waals surface area contributed by atoms with Crippen molar-refractivity contribution in [1.29, 1.82) is 0 Å². The van der Waals surface area contributed by atoms with Gasteiger partial charge in [0.2, 0.25) is 0 Å². The lowest BCUT2D eigenvalue weighted by molar-refractivity contribution is -0.139. The summed E-state index contributed by atoms with van der Waals surface area (Å²) < 4.78 is 11.9. The second kappa shape index (κ2) is 8.20. The van der Waals surface area contributed by atoms with Gasteiger partial charge in [0, 0.05) is 4.88 Å². The summed E-state index contributed by atoms with van der Waals surface area (Å²) in [6, 6.07) is 7.36. The Morgan fingerprint density at radius 2 is 2.00 bits per heavy atom. The monoisotopic (exact) mass is 430 g/mol. The molecule has 6 nitrogen and oxygen atoms in total. The van der Waals surface area contributed by atoms with Crippen molar-refractivity contribution in [3.63, 3.8) is 0 Å². The van der Waals surface area contributed by atoms with Crippen molar-refractivity contribution in [2.24, 2.45) is 0 Å². The predicted molar refractivity (Wildman–Crippen MR) is 116 cm³/mol. The molecule has 0 saturated carbocycles. The van der Waals surface area contributed by atoms with Gasteiger partial charge in [-0.05, 0) is 50.3 Å². The Morgan fingerprint density at radius 3 is 2.76 bits per heavy atom. The summed E-state index contributed by atoms with van der Waals surface area (Å²) >= 11 is 2.82. The van der Waals surface area contributed by atoms with Crippen LogP contribution in [0.25, 0.3) is 15.9 Å². The lowest BCUT2D eigenvalue weighted by atomic mass is 9.97. The summed E-state index contributed by atoms with van der Waals surface area (Å²) in [7, 11) is 2.93. The lowest BCUT2D eigenvalue weighted by Gasteiger charge is -2.17. The summed E-state index contributed by atoms with van der Waals surface area (Å²) in [4.78, 5) is 32.6. The number of carbonyl (C=O) groups is 1. The summed E-state index contributed by atoms with van der Waals surface area (Å²) in [5.41, 5.74) is 1.64. The summed E-state index contributed by atoms with van der Waals surface area (Å²) in [5.74, 6) is 0.216. The molecule has 2 aromatic heterocycles. The second-order valence-electron chi connectivity index (χ2n) is 6.88. The van der Waals surface area contributed by atoms with Crippen molar-refractivity contribution in [2.75, 3.05) is 14.2 Å². The minimum Gasteiger partial charge on any atom is -0.495 e. The van der Waals surface area contributed by atoms with Gasteiger partial charge in [0.05, 0.1) is 25.3 Å². The Balaban J connectivity index is 1.99. The van der Waals surface area contributed by atoms with Crippen LogP contribution in [0.3, 0.4) is 0 Å². The van der Waals surface area contributed by atoms with Crippen molar-refractivity contribution in [3.8, 4) is 11.4 Å². The number of esters is 1. The zero-order valence-electron chi connectivity index (χ0n) is 16.6. The van der Waals surface area contributed by atoms with Crippen molar-refractivity contribution in [1.82, 2.24) is 9.55 Å². The molecule has 0 N–H and O–H groups in total. The van der Waals surface area contributed by atoms with Crippen LogP contribution in [0.1, 0.15) is 30.2 Å². The van der Waals surface area contributed by atoms with E-state index in [1.807, 2.05) is 24.3 Å². The minimum atomic E-state index is -0.500. The lowest BCUT2D eigenvalue weighted by Crippen LogP contribution is -2.24. The van der Waals surface area contributed by atoms with E-state index in [-0.39, 0.29) is 11.5 Å². The third-order valence-corrected chi connectivity index (χ3v) is 7.32. The third-order valence-electron chi connectivity index (χ3n) is 5.10. The molecule has 3 aromatic rings. The van der Waals surface area contributed by atoms with Gasteiger partial charge in [-0.2, -0.15) is 0 Å². The summed E-state index contributed by atoms with van der Waals surface area (Å²) in [6.45, 7) is 1.75. The molecule has 0 spiro atoms. The van der Waals surface area contributed by atoms with Crippen LogP contribution in [-0.4, -0.2) is 35.0 Å². The first-order chi connectivity index (χ1) is 14.0. The van der Waals surface area contributed by atoms with Crippen LogP contribution in [0, 0.1) is 0 Å². The molecule has 0 bridgehead atoms. The quantitative estimate of drug-likeness (QED) is 0.346. The van der Waals surface area contributed by atoms with Gasteiger partial charge in [0.15, 0.2) is 5.16 Å². The second-order valence-corrected chi connectivity index (χ2v) is 9.27. The summed E-state index contributed by atoms with van der Waals surface area (Å²) in [5, 5.41) is 0.661. The van der Waals surface area contributed by atoms with Crippen molar-refractivity contribution in [3.05, 3.63) is 45.1 Å². The number of hydrogen-bond donors (Lipinski definition) is 0. The number of aryl methyl sites for hydroxylation is 2. The number of nitrogens with zero attached hydrogens (tertiary/aromatic N) is 2. The molecular weight excluding hydrogens is 408 g/mol. The molecule has 0 radical (unpaired) electrons. The van der Waals surface area contributed by atoms with Crippen molar-refractivity contribution in [2.45, 2.75) is 43.0 Å². The number of benzene rings is 1. The minimum absolute atomic E-state index is 0.113. The molecule has 1 aromatic carbocycles. The van der Waals surface area contributed by atoms with E-state index in [4.69, 9.17) is 14.5 Å². The highest BCUT2D eigenvalue weighted by Gasteiger charge is 2.26. The molecule has 152 valence electrons. The van der Waals surface area contributed by atoms with E-state index in [2.05, 4.69) is 0 Å². The summed E-state index contributed by atoms with van der Waals surface area (Å²) in [6.07, 6.45) is 4.12. The Bertz CT molecular complexity index is 1140. The number of thioether (sulfide) groups is 1. The van der Waals surface area contributed by atoms with Crippen molar-refractivity contribution >= 4 is 39.3 Å². The van der Waals surface area contributed by atoms with E-state index >= 15 is 0 Å². The van der Waals surface area contributed by atoms with Crippen LogP contribution in [0.4, 0.5) is 0 Å². The number of hydrogen-bond acceptors (Lipinski definition) is 7. The maximum Gasteiger partial charge on any atom is 0.318 e. The van der Waals surface area contributed by atoms with Gasteiger partial charge in [-0.3, -0.25) is 14.2 Å². The van der Waals surface area contributed by atoms with E-state index in [9.17, 15) is 9.59 Å². The molecule has 0 saturated heterocycles. The van der Waals surface area contributed by atoms with Crippen molar-refractivity contribution < 1.29 is 14.3 Å². The average molecular weight is 431 g/mol. The molecule has 8 heteroatoms. The molecule has 0 fully saturated rings. The Hall–Kier alpha value is -2.32. The third kappa shape index (κ3) is 3.55. The SMILES string of the molecule is COC(=O)C(C)Sc1nc2sc3c(c2c(=O)n1-c1ccccc1OC)CCCC3. The van der Waals surface area contributed by atoms with Gasteiger partial charge in [-0.25, -0.2) is 4.98 Å². The number of ether oxygens (including phenoxy) is 2. The van der Waals surface area contributed by atoms with Crippen LogP contribution in [0.5, 0.6) is 5.75 Å². The normalized spacial score (nSPS) is 14.4. The smallest absolute Gasteiger partial charge is 0.318 e. The standard InChI is InChI=1S/C21H22N2O4S2/c1-12(20(25)27-3)28-21-22-18-17(13-8-4-7-11-16(13)29-18)19(24)23(21)14-9-5-6-10-15(14)26-2/h5-6,9-10,12H,4,7-8,11H2,1-3H3. The van der Waals surface area contributed by atoms with E-state index < -0.39 is 5.25 Å². The highest BCUT2D eigenvalue weighted by atomic mass is 32.2. The molecular formula is C21H22N2O4S2. The van der Waals surface area contributed by atoms with Gasteiger partial charge in [0.1, 0.15) is 15.8 Å². The van der Waals surface area contributed by atoms with Gasteiger partial charge in [0.25, 0.3) is 5.56 Å². The van der Waals surface area contributed by atoms with Gasteiger partial charge < -0.3 is 9.47 Å². The zero-order chi connectivity index (χ0) is 20.5. The van der Waals surface area contributed by atoms with Crippen LogP contribution >= 0.6 is 23.1 Å². The molecule has 0 aliphatic heterocycles.